The second-order valence-electron chi connectivity index (χ2n) is 4.70. The molecule has 0 bridgehead atoms. The van der Waals surface area contributed by atoms with Gasteiger partial charge in [0.25, 0.3) is 5.91 Å². The molecule has 2 aliphatic rings. The quantitative estimate of drug-likeness (QED) is 0.834. The van der Waals surface area contributed by atoms with Crippen LogP contribution in [0.4, 0.5) is 0 Å². The fraction of sp³-hybridized carbons (Fsp3) is 0.385. The Bertz CT molecular complexity index is 505. The van der Waals surface area contributed by atoms with E-state index >= 15 is 0 Å². The predicted molar refractivity (Wildman–Crippen MR) is 60.8 cm³/mol. The van der Waals surface area contributed by atoms with Crippen LogP contribution in [0, 0.1) is 0 Å². The zero-order valence-electron chi connectivity index (χ0n) is 9.35. The zero-order chi connectivity index (χ0) is 12.0. The van der Waals surface area contributed by atoms with E-state index in [1.807, 2.05) is 18.2 Å². The average Bonchev–Trinajstić information content (AvgIpc) is 3.11. The molecule has 88 valence electrons. The molecule has 1 aromatic rings. The lowest BCUT2D eigenvalue weighted by molar-refractivity contribution is -0.144. The number of carboxylic acid groups (broad SMARTS) is 1. The number of carboxylic acids is 1. The number of carbonyl (C=O) groups is 2. The van der Waals surface area contributed by atoms with Gasteiger partial charge < -0.3 is 10.0 Å². The van der Waals surface area contributed by atoms with E-state index in [1.54, 1.807) is 6.07 Å². The number of fused-ring (bicyclic) bond motifs is 1. The lowest BCUT2D eigenvalue weighted by Gasteiger charge is -2.33. The van der Waals surface area contributed by atoms with Gasteiger partial charge in [-0.1, -0.05) is 18.2 Å². The van der Waals surface area contributed by atoms with Crippen molar-refractivity contribution < 1.29 is 14.7 Å². The number of rotatable bonds is 2. The topological polar surface area (TPSA) is 57.6 Å². The van der Waals surface area contributed by atoms with Crippen LogP contribution in [-0.2, 0) is 11.2 Å². The first-order valence-electron chi connectivity index (χ1n) is 5.78. The Kier molecular flexibility index (Phi) is 2.02. The number of benzene rings is 1. The van der Waals surface area contributed by atoms with Gasteiger partial charge in [0.2, 0.25) is 0 Å². The molecule has 1 N–H and O–H groups in total. The number of hydrogen-bond donors (Lipinski definition) is 1. The average molecular weight is 231 g/mol. The van der Waals surface area contributed by atoms with Crippen LogP contribution in [0.25, 0.3) is 0 Å². The van der Waals surface area contributed by atoms with Gasteiger partial charge in [0.15, 0.2) is 0 Å². The van der Waals surface area contributed by atoms with Crippen LogP contribution in [0.15, 0.2) is 24.3 Å². The Balaban J connectivity index is 1.98. The number of aliphatic carboxylic acids is 1. The van der Waals surface area contributed by atoms with Crippen LogP contribution >= 0.6 is 0 Å². The third-order valence-corrected chi connectivity index (χ3v) is 3.74. The van der Waals surface area contributed by atoms with Crippen molar-refractivity contribution >= 4 is 11.9 Å². The Morgan fingerprint density at radius 2 is 2.00 bits per heavy atom. The van der Waals surface area contributed by atoms with Gasteiger partial charge in [0.1, 0.15) is 5.54 Å². The van der Waals surface area contributed by atoms with Gasteiger partial charge >= 0.3 is 5.97 Å². The van der Waals surface area contributed by atoms with Crippen molar-refractivity contribution in [2.24, 2.45) is 0 Å². The number of carbonyl (C=O) groups excluding carboxylic acids is 1. The van der Waals surface area contributed by atoms with E-state index in [-0.39, 0.29) is 5.91 Å². The normalized spacial score (nSPS) is 20.9. The first kappa shape index (κ1) is 10.3. The van der Waals surface area contributed by atoms with Crippen molar-refractivity contribution in [1.82, 2.24) is 4.90 Å². The summed E-state index contributed by atoms with van der Waals surface area (Å²) < 4.78 is 0. The van der Waals surface area contributed by atoms with Gasteiger partial charge in [-0.15, -0.1) is 0 Å². The van der Waals surface area contributed by atoms with Crippen LogP contribution in [0.5, 0.6) is 0 Å². The van der Waals surface area contributed by atoms with Crippen molar-refractivity contribution in [1.29, 1.82) is 0 Å². The molecular weight excluding hydrogens is 218 g/mol. The highest BCUT2D eigenvalue weighted by molar-refractivity contribution is 6.00. The smallest absolute Gasteiger partial charge is 0.329 e. The largest absolute Gasteiger partial charge is 0.479 e. The van der Waals surface area contributed by atoms with Crippen LogP contribution in [0.3, 0.4) is 0 Å². The summed E-state index contributed by atoms with van der Waals surface area (Å²) in [6, 6.07) is 7.44. The standard InChI is InChI=1S/C13H13NO3/c15-11-10-4-2-1-3-9(10)5-8-14(11)13(6-7-13)12(16)17/h1-4H,5-8H2,(H,16,17). The summed E-state index contributed by atoms with van der Waals surface area (Å²) in [7, 11) is 0. The summed E-state index contributed by atoms with van der Waals surface area (Å²) >= 11 is 0. The van der Waals surface area contributed by atoms with E-state index in [2.05, 4.69) is 0 Å². The molecule has 0 aromatic heterocycles. The van der Waals surface area contributed by atoms with Gasteiger partial charge in [-0.05, 0) is 30.9 Å². The lowest BCUT2D eigenvalue weighted by Crippen LogP contribution is -2.50. The van der Waals surface area contributed by atoms with E-state index < -0.39 is 11.5 Å². The Morgan fingerprint density at radius 1 is 1.29 bits per heavy atom. The number of nitrogens with zero attached hydrogens (tertiary/aromatic N) is 1. The molecule has 1 heterocycles. The van der Waals surface area contributed by atoms with Crippen molar-refractivity contribution in [3.05, 3.63) is 35.4 Å². The summed E-state index contributed by atoms with van der Waals surface area (Å²) in [6.07, 6.45) is 1.91. The SMILES string of the molecule is O=C1c2ccccc2CCN1C1(C(=O)O)CC1. The maximum atomic E-state index is 12.3. The van der Waals surface area contributed by atoms with Crippen molar-refractivity contribution in [2.75, 3.05) is 6.54 Å². The Hall–Kier alpha value is -1.84. The summed E-state index contributed by atoms with van der Waals surface area (Å²) in [5.41, 5.74) is 0.770. The fourth-order valence-corrected chi connectivity index (χ4v) is 2.55. The summed E-state index contributed by atoms with van der Waals surface area (Å²) in [4.78, 5) is 25.1. The fourth-order valence-electron chi connectivity index (χ4n) is 2.55. The van der Waals surface area contributed by atoms with Gasteiger partial charge in [0.05, 0.1) is 0 Å². The zero-order valence-corrected chi connectivity index (χ0v) is 9.35. The minimum Gasteiger partial charge on any atom is -0.479 e. The molecule has 0 atom stereocenters. The number of hydrogen-bond acceptors (Lipinski definition) is 2. The maximum absolute atomic E-state index is 12.3. The van der Waals surface area contributed by atoms with E-state index in [0.29, 0.717) is 24.9 Å². The van der Waals surface area contributed by atoms with Crippen molar-refractivity contribution in [3.63, 3.8) is 0 Å². The third-order valence-electron chi connectivity index (χ3n) is 3.74. The first-order valence-corrected chi connectivity index (χ1v) is 5.78. The van der Waals surface area contributed by atoms with E-state index in [4.69, 9.17) is 0 Å². The molecule has 1 amide bonds. The summed E-state index contributed by atoms with van der Waals surface area (Å²) in [6.45, 7) is 0.516. The minimum atomic E-state index is -0.912. The highest BCUT2D eigenvalue weighted by Crippen LogP contribution is 2.44. The first-order chi connectivity index (χ1) is 8.15. The second-order valence-corrected chi connectivity index (χ2v) is 4.70. The Morgan fingerprint density at radius 3 is 2.65 bits per heavy atom. The van der Waals surface area contributed by atoms with Crippen LogP contribution in [0.1, 0.15) is 28.8 Å². The van der Waals surface area contributed by atoms with E-state index in [9.17, 15) is 14.7 Å². The van der Waals surface area contributed by atoms with Crippen molar-refractivity contribution in [3.8, 4) is 0 Å². The molecule has 1 aromatic carbocycles. The molecule has 1 aliphatic carbocycles. The van der Waals surface area contributed by atoms with Gasteiger partial charge in [0, 0.05) is 12.1 Å². The molecule has 0 unspecified atom stereocenters. The molecule has 17 heavy (non-hydrogen) atoms. The maximum Gasteiger partial charge on any atom is 0.329 e. The second kappa shape index (κ2) is 3.32. The highest BCUT2D eigenvalue weighted by Gasteiger charge is 2.57. The van der Waals surface area contributed by atoms with E-state index in [0.717, 1.165) is 12.0 Å². The molecule has 1 aliphatic heterocycles. The van der Waals surface area contributed by atoms with Crippen LogP contribution in [0.2, 0.25) is 0 Å². The Labute approximate surface area is 98.9 Å². The molecule has 0 saturated heterocycles. The molecule has 1 saturated carbocycles. The summed E-state index contributed by atoms with van der Waals surface area (Å²) in [5.74, 6) is -1.00. The molecular formula is C13H13NO3. The van der Waals surface area contributed by atoms with Crippen LogP contribution < -0.4 is 0 Å². The molecule has 1 fully saturated rings. The molecule has 3 rings (SSSR count). The predicted octanol–water partition coefficient (Wildman–Crippen LogP) is 1.30. The highest BCUT2D eigenvalue weighted by atomic mass is 16.4. The number of amides is 1. The molecule has 4 heteroatoms. The van der Waals surface area contributed by atoms with E-state index in [1.165, 1.54) is 4.90 Å². The summed E-state index contributed by atoms with van der Waals surface area (Å²) in [5, 5.41) is 9.23. The van der Waals surface area contributed by atoms with Crippen molar-refractivity contribution in [2.45, 2.75) is 24.8 Å². The van der Waals surface area contributed by atoms with Crippen LogP contribution in [-0.4, -0.2) is 34.0 Å². The van der Waals surface area contributed by atoms with Gasteiger partial charge in [-0.3, -0.25) is 4.79 Å². The lowest BCUT2D eigenvalue weighted by atomic mass is 9.97. The molecule has 0 spiro atoms. The van der Waals surface area contributed by atoms with Gasteiger partial charge in [-0.2, -0.15) is 0 Å². The minimum absolute atomic E-state index is 0.133. The molecule has 0 radical (unpaired) electrons. The van der Waals surface area contributed by atoms with Gasteiger partial charge in [-0.25, -0.2) is 4.79 Å². The third kappa shape index (κ3) is 1.37. The monoisotopic (exact) mass is 231 g/mol. The molecule has 4 nitrogen and oxygen atoms in total.